The largest absolute Gasteiger partial charge is 0.489 e. The monoisotopic (exact) mass is 300 g/mol. The SMILES string of the molecule is Cc1ccc(OCC2=CS(=O)(=O)c3c(C)cccc32)cc1. The maximum absolute atomic E-state index is 12.2. The van der Waals surface area contributed by atoms with Crippen molar-refractivity contribution in [1.82, 2.24) is 0 Å². The lowest BCUT2D eigenvalue weighted by Crippen LogP contribution is -2.00. The molecule has 0 fully saturated rings. The highest BCUT2D eigenvalue weighted by Gasteiger charge is 2.28. The van der Waals surface area contributed by atoms with E-state index >= 15 is 0 Å². The second-order valence-electron chi connectivity index (χ2n) is 5.24. The number of fused-ring (bicyclic) bond motifs is 1. The van der Waals surface area contributed by atoms with E-state index in [4.69, 9.17) is 4.74 Å². The third kappa shape index (κ3) is 2.59. The van der Waals surface area contributed by atoms with E-state index in [9.17, 15) is 8.42 Å². The summed E-state index contributed by atoms with van der Waals surface area (Å²) in [5, 5.41) is 1.32. The zero-order valence-electron chi connectivity index (χ0n) is 12.0. The summed E-state index contributed by atoms with van der Waals surface area (Å²) in [5.41, 5.74) is 3.39. The van der Waals surface area contributed by atoms with Crippen molar-refractivity contribution in [2.24, 2.45) is 0 Å². The summed E-state index contributed by atoms with van der Waals surface area (Å²) in [6.45, 7) is 4.07. The average Bonchev–Trinajstić information content (AvgIpc) is 2.71. The summed E-state index contributed by atoms with van der Waals surface area (Å²) in [7, 11) is -3.34. The van der Waals surface area contributed by atoms with Crippen LogP contribution in [-0.2, 0) is 9.84 Å². The van der Waals surface area contributed by atoms with Crippen LogP contribution in [0.25, 0.3) is 5.57 Å². The van der Waals surface area contributed by atoms with Gasteiger partial charge < -0.3 is 4.74 Å². The van der Waals surface area contributed by atoms with Crippen molar-refractivity contribution in [3.05, 3.63) is 64.6 Å². The van der Waals surface area contributed by atoms with Crippen LogP contribution in [-0.4, -0.2) is 15.0 Å². The molecule has 3 nitrogen and oxygen atoms in total. The van der Waals surface area contributed by atoms with Gasteiger partial charge in [-0.1, -0.05) is 35.9 Å². The van der Waals surface area contributed by atoms with Gasteiger partial charge in [0.2, 0.25) is 9.84 Å². The fourth-order valence-corrected chi connectivity index (χ4v) is 4.21. The quantitative estimate of drug-likeness (QED) is 0.871. The molecule has 0 unspecified atom stereocenters. The Hall–Kier alpha value is -2.07. The molecular formula is C17H16O3S. The van der Waals surface area contributed by atoms with Gasteiger partial charge >= 0.3 is 0 Å². The molecule has 1 aliphatic rings. The topological polar surface area (TPSA) is 43.4 Å². The summed E-state index contributed by atoms with van der Waals surface area (Å²) >= 11 is 0. The van der Waals surface area contributed by atoms with Crippen LogP contribution in [0.4, 0.5) is 0 Å². The number of rotatable bonds is 3. The second-order valence-corrected chi connectivity index (χ2v) is 6.98. The van der Waals surface area contributed by atoms with Crippen LogP contribution in [0.1, 0.15) is 16.7 Å². The first-order valence-corrected chi connectivity index (χ1v) is 8.27. The van der Waals surface area contributed by atoms with E-state index in [2.05, 4.69) is 0 Å². The molecule has 0 bridgehead atoms. The van der Waals surface area contributed by atoms with Crippen molar-refractivity contribution in [3.8, 4) is 5.75 Å². The molecule has 0 amide bonds. The molecule has 4 heteroatoms. The maximum Gasteiger partial charge on any atom is 0.201 e. The molecule has 0 N–H and O–H groups in total. The standard InChI is InChI=1S/C17H16O3S/c1-12-6-8-15(9-7-12)20-10-14-11-21(18,19)17-13(2)4-3-5-16(14)17/h3-9,11H,10H2,1-2H3. The van der Waals surface area contributed by atoms with Crippen LogP contribution in [0, 0.1) is 13.8 Å². The molecule has 0 saturated carbocycles. The predicted molar refractivity (Wildman–Crippen MR) is 83.0 cm³/mol. The fraction of sp³-hybridized carbons (Fsp3) is 0.176. The molecule has 0 radical (unpaired) electrons. The lowest BCUT2D eigenvalue weighted by molar-refractivity contribution is 0.370. The third-order valence-electron chi connectivity index (χ3n) is 3.56. The number of benzene rings is 2. The number of sulfone groups is 1. The van der Waals surface area contributed by atoms with Crippen molar-refractivity contribution in [3.63, 3.8) is 0 Å². The number of hydrogen-bond donors (Lipinski definition) is 0. The minimum atomic E-state index is -3.34. The Morgan fingerprint density at radius 1 is 1.00 bits per heavy atom. The Kier molecular flexibility index (Phi) is 3.33. The molecule has 108 valence electrons. The van der Waals surface area contributed by atoms with Crippen molar-refractivity contribution in [1.29, 1.82) is 0 Å². The Morgan fingerprint density at radius 3 is 2.43 bits per heavy atom. The number of ether oxygens (including phenoxy) is 1. The van der Waals surface area contributed by atoms with Gasteiger partial charge in [0.1, 0.15) is 12.4 Å². The summed E-state index contributed by atoms with van der Waals surface area (Å²) in [6, 6.07) is 13.2. The van der Waals surface area contributed by atoms with Crippen LogP contribution in [0.5, 0.6) is 5.75 Å². The molecule has 2 aromatic rings. The Balaban J connectivity index is 1.88. The van der Waals surface area contributed by atoms with Gasteiger partial charge in [0, 0.05) is 16.5 Å². The molecule has 0 aliphatic carbocycles. The van der Waals surface area contributed by atoms with E-state index in [1.54, 1.807) is 0 Å². The van der Waals surface area contributed by atoms with E-state index in [1.165, 1.54) is 5.41 Å². The molecule has 2 aromatic carbocycles. The molecule has 3 rings (SSSR count). The van der Waals surface area contributed by atoms with Gasteiger partial charge in [-0.15, -0.1) is 0 Å². The molecular weight excluding hydrogens is 284 g/mol. The lowest BCUT2D eigenvalue weighted by Gasteiger charge is -2.09. The van der Waals surface area contributed by atoms with Gasteiger partial charge in [0.05, 0.1) is 4.90 Å². The van der Waals surface area contributed by atoms with Gasteiger partial charge in [-0.2, -0.15) is 0 Å². The normalized spacial score (nSPS) is 15.4. The highest BCUT2D eigenvalue weighted by molar-refractivity contribution is 7.95. The van der Waals surface area contributed by atoms with E-state index < -0.39 is 9.84 Å². The maximum atomic E-state index is 12.2. The van der Waals surface area contributed by atoms with Crippen molar-refractivity contribution in [2.45, 2.75) is 18.7 Å². The Morgan fingerprint density at radius 2 is 1.71 bits per heavy atom. The first kappa shape index (κ1) is 13.9. The first-order chi connectivity index (χ1) is 9.97. The van der Waals surface area contributed by atoms with Gasteiger partial charge in [-0.3, -0.25) is 0 Å². The second kappa shape index (κ2) is 5.04. The fourth-order valence-electron chi connectivity index (χ4n) is 2.50. The highest BCUT2D eigenvalue weighted by atomic mass is 32.2. The third-order valence-corrected chi connectivity index (χ3v) is 5.26. The number of aryl methyl sites for hydroxylation is 2. The highest BCUT2D eigenvalue weighted by Crippen LogP contribution is 2.35. The molecule has 1 aliphatic heterocycles. The van der Waals surface area contributed by atoms with E-state index in [-0.39, 0.29) is 6.61 Å². The smallest absolute Gasteiger partial charge is 0.201 e. The predicted octanol–water partition coefficient (Wildman–Crippen LogP) is 3.51. The van der Waals surface area contributed by atoms with E-state index in [1.807, 2.05) is 56.3 Å². The zero-order chi connectivity index (χ0) is 15.0. The van der Waals surface area contributed by atoms with Crippen LogP contribution >= 0.6 is 0 Å². The summed E-state index contributed by atoms with van der Waals surface area (Å²) in [6.07, 6.45) is 0. The first-order valence-electron chi connectivity index (χ1n) is 6.72. The number of hydrogen-bond acceptors (Lipinski definition) is 3. The molecule has 0 spiro atoms. The molecule has 0 atom stereocenters. The molecule has 0 aromatic heterocycles. The minimum absolute atomic E-state index is 0.249. The Bertz CT molecular complexity index is 816. The minimum Gasteiger partial charge on any atom is -0.489 e. The summed E-state index contributed by atoms with van der Waals surface area (Å²) in [4.78, 5) is 0.410. The average molecular weight is 300 g/mol. The van der Waals surface area contributed by atoms with Gasteiger partial charge in [-0.25, -0.2) is 8.42 Å². The van der Waals surface area contributed by atoms with Gasteiger partial charge in [0.15, 0.2) is 0 Å². The van der Waals surface area contributed by atoms with Crippen molar-refractivity contribution >= 4 is 15.4 Å². The lowest BCUT2D eigenvalue weighted by atomic mass is 10.1. The molecule has 1 heterocycles. The van der Waals surface area contributed by atoms with Gasteiger partial charge in [-0.05, 0) is 31.5 Å². The van der Waals surface area contributed by atoms with E-state index in [0.717, 1.165) is 22.4 Å². The van der Waals surface area contributed by atoms with Crippen LogP contribution in [0.2, 0.25) is 0 Å². The van der Waals surface area contributed by atoms with Crippen LogP contribution < -0.4 is 4.74 Å². The summed E-state index contributed by atoms with van der Waals surface area (Å²) < 4.78 is 30.1. The van der Waals surface area contributed by atoms with Crippen molar-refractivity contribution < 1.29 is 13.2 Å². The zero-order valence-corrected chi connectivity index (χ0v) is 12.8. The van der Waals surface area contributed by atoms with Crippen LogP contribution in [0.3, 0.4) is 0 Å². The summed E-state index contributed by atoms with van der Waals surface area (Å²) in [5.74, 6) is 0.736. The van der Waals surface area contributed by atoms with Crippen molar-refractivity contribution in [2.75, 3.05) is 6.61 Å². The van der Waals surface area contributed by atoms with E-state index in [0.29, 0.717) is 10.5 Å². The van der Waals surface area contributed by atoms with Crippen LogP contribution in [0.15, 0.2) is 52.8 Å². The molecule has 21 heavy (non-hydrogen) atoms. The molecule has 0 saturated heterocycles. The Labute approximate surface area is 124 Å². The van der Waals surface area contributed by atoms with Gasteiger partial charge in [0.25, 0.3) is 0 Å².